The Labute approximate surface area is 205 Å². The number of carbonyl (C=O) groups excluding carboxylic acids is 1. The van der Waals surface area contributed by atoms with Gasteiger partial charge in [-0.1, -0.05) is 12.1 Å². The maximum absolute atomic E-state index is 12.8. The summed E-state index contributed by atoms with van der Waals surface area (Å²) in [6.07, 6.45) is 3.86. The molecule has 2 saturated heterocycles. The number of para-hydroxylation sites is 2. The molecule has 0 radical (unpaired) electrons. The summed E-state index contributed by atoms with van der Waals surface area (Å²) in [4.78, 5) is 21.5. The number of aliphatic hydroxyl groups excluding tert-OH is 1. The zero-order valence-corrected chi connectivity index (χ0v) is 20.0. The van der Waals surface area contributed by atoms with Crippen molar-refractivity contribution in [1.29, 1.82) is 0 Å². The van der Waals surface area contributed by atoms with Crippen molar-refractivity contribution >= 4 is 17.0 Å². The fourth-order valence-corrected chi connectivity index (χ4v) is 4.89. The van der Waals surface area contributed by atoms with Crippen molar-refractivity contribution in [1.82, 2.24) is 14.8 Å². The molecule has 0 saturated carbocycles. The van der Waals surface area contributed by atoms with Gasteiger partial charge in [0.25, 0.3) is 0 Å². The minimum absolute atomic E-state index is 0.131. The molecule has 186 valence electrons. The number of aliphatic hydroxyl groups is 1. The van der Waals surface area contributed by atoms with E-state index in [0.717, 1.165) is 69.7 Å². The van der Waals surface area contributed by atoms with Crippen LogP contribution in [-0.2, 0) is 4.79 Å². The Morgan fingerprint density at radius 3 is 2.40 bits per heavy atom. The Balaban J connectivity index is 1.02. The van der Waals surface area contributed by atoms with Gasteiger partial charge < -0.3 is 23.9 Å². The summed E-state index contributed by atoms with van der Waals surface area (Å²) in [5.74, 6) is 2.21. The minimum atomic E-state index is 0.131. The Morgan fingerprint density at radius 1 is 0.971 bits per heavy atom. The lowest BCUT2D eigenvalue weighted by Crippen LogP contribution is -2.46. The highest BCUT2D eigenvalue weighted by atomic mass is 16.6. The Bertz CT molecular complexity index is 1070. The van der Waals surface area contributed by atoms with Crippen LogP contribution in [-0.4, -0.2) is 71.7 Å². The predicted octanol–water partition coefficient (Wildman–Crippen LogP) is 3.94. The third-order valence-electron chi connectivity index (χ3n) is 7.10. The highest BCUT2D eigenvalue weighted by Gasteiger charge is 2.30. The van der Waals surface area contributed by atoms with Crippen molar-refractivity contribution in [3.8, 4) is 17.6 Å². The van der Waals surface area contributed by atoms with E-state index in [1.807, 2.05) is 53.4 Å². The van der Waals surface area contributed by atoms with Gasteiger partial charge in [-0.3, -0.25) is 9.69 Å². The van der Waals surface area contributed by atoms with Crippen LogP contribution in [0.3, 0.4) is 0 Å². The summed E-state index contributed by atoms with van der Waals surface area (Å²) in [6, 6.07) is 15.0. The fourth-order valence-electron chi connectivity index (χ4n) is 4.89. The molecule has 5 rings (SSSR count). The molecule has 0 unspecified atom stereocenters. The molecule has 0 aliphatic carbocycles. The normalized spacial score (nSPS) is 18.1. The lowest BCUT2D eigenvalue weighted by Gasteiger charge is -2.37. The molecule has 8 nitrogen and oxygen atoms in total. The molecule has 0 spiro atoms. The predicted molar refractivity (Wildman–Crippen MR) is 132 cm³/mol. The van der Waals surface area contributed by atoms with Gasteiger partial charge in [0.15, 0.2) is 5.58 Å². The fraction of sp³-hybridized carbons (Fsp3) is 0.481. The van der Waals surface area contributed by atoms with Crippen molar-refractivity contribution in [3.05, 3.63) is 48.5 Å². The number of oxazole rings is 1. The van der Waals surface area contributed by atoms with Crippen LogP contribution >= 0.6 is 0 Å². The summed E-state index contributed by atoms with van der Waals surface area (Å²) in [5, 5.41) is 9.30. The van der Waals surface area contributed by atoms with Crippen LogP contribution in [0.1, 0.15) is 25.7 Å². The van der Waals surface area contributed by atoms with E-state index in [0.29, 0.717) is 29.8 Å². The molecule has 2 aliphatic heterocycles. The van der Waals surface area contributed by atoms with E-state index in [1.54, 1.807) is 0 Å². The van der Waals surface area contributed by atoms with E-state index in [1.165, 1.54) is 0 Å². The van der Waals surface area contributed by atoms with Gasteiger partial charge in [0.1, 0.15) is 23.6 Å². The highest BCUT2D eigenvalue weighted by Crippen LogP contribution is 2.27. The molecule has 0 bridgehead atoms. The van der Waals surface area contributed by atoms with Crippen LogP contribution in [0.15, 0.2) is 52.9 Å². The van der Waals surface area contributed by atoms with Gasteiger partial charge in [-0.15, -0.1) is 0 Å². The van der Waals surface area contributed by atoms with E-state index in [9.17, 15) is 9.90 Å². The third-order valence-corrected chi connectivity index (χ3v) is 7.10. The summed E-state index contributed by atoms with van der Waals surface area (Å²) in [6.45, 7) is 5.09. The van der Waals surface area contributed by atoms with E-state index < -0.39 is 0 Å². The third kappa shape index (κ3) is 5.94. The first-order valence-corrected chi connectivity index (χ1v) is 12.6. The average Bonchev–Trinajstić information content (AvgIpc) is 3.32. The molecule has 1 N–H and O–H groups in total. The van der Waals surface area contributed by atoms with Crippen LogP contribution in [0.5, 0.6) is 17.6 Å². The van der Waals surface area contributed by atoms with Crippen LogP contribution in [0.25, 0.3) is 11.1 Å². The molecule has 2 aromatic carbocycles. The second kappa shape index (κ2) is 11.1. The first-order chi connectivity index (χ1) is 17.2. The van der Waals surface area contributed by atoms with Crippen LogP contribution in [0, 0.1) is 11.8 Å². The largest absolute Gasteiger partial charge is 0.492 e. The second-order valence-electron chi connectivity index (χ2n) is 9.44. The summed E-state index contributed by atoms with van der Waals surface area (Å²) >= 11 is 0. The number of ether oxygens (including phenoxy) is 2. The van der Waals surface area contributed by atoms with Gasteiger partial charge in [0.2, 0.25) is 5.91 Å². The highest BCUT2D eigenvalue weighted by molar-refractivity contribution is 5.79. The SMILES string of the molecule is O=C(C1CCN(CCOc2ccc(Oc3nc4ccccc4o3)cc2)CC1)N1CCC(CO)CC1. The maximum Gasteiger partial charge on any atom is 0.400 e. The van der Waals surface area contributed by atoms with Gasteiger partial charge in [0, 0.05) is 32.2 Å². The van der Waals surface area contributed by atoms with Gasteiger partial charge in [0.05, 0.1) is 0 Å². The Kier molecular flexibility index (Phi) is 7.49. The molecule has 3 heterocycles. The zero-order valence-electron chi connectivity index (χ0n) is 20.0. The van der Waals surface area contributed by atoms with Crippen molar-refractivity contribution in [2.45, 2.75) is 25.7 Å². The van der Waals surface area contributed by atoms with Crippen molar-refractivity contribution in [3.63, 3.8) is 0 Å². The molecule has 8 heteroatoms. The van der Waals surface area contributed by atoms with Crippen molar-refractivity contribution in [2.75, 3.05) is 45.9 Å². The number of hydrogen-bond donors (Lipinski definition) is 1. The summed E-state index contributed by atoms with van der Waals surface area (Å²) in [7, 11) is 0. The number of aromatic nitrogens is 1. The quantitative estimate of drug-likeness (QED) is 0.524. The second-order valence-corrected chi connectivity index (χ2v) is 9.44. The molecular formula is C27H33N3O5. The van der Waals surface area contributed by atoms with Crippen molar-refractivity contribution < 1.29 is 23.8 Å². The van der Waals surface area contributed by atoms with E-state index >= 15 is 0 Å². The topological polar surface area (TPSA) is 88.3 Å². The van der Waals surface area contributed by atoms with Gasteiger partial charge in [-0.2, -0.15) is 4.98 Å². The minimum Gasteiger partial charge on any atom is -0.492 e. The maximum atomic E-state index is 12.8. The van der Waals surface area contributed by atoms with Crippen LogP contribution < -0.4 is 9.47 Å². The molecule has 2 fully saturated rings. The van der Waals surface area contributed by atoms with Crippen LogP contribution in [0.4, 0.5) is 0 Å². The van der Waals surface area contributed by atoms with Crippen LogP contribution in [0.2, 0.25) is 0 Å². The molecule has 3 aromatic rings. The lowest BCUT2D eigenvalue weighted by atomic mass is 9.92. The Hall–Kier alpha value is -3.10. The van der Waals surface area contributed by atoms with Gasteiger partial charge >= 0.3 is 6.08 Å². The van der Waals surface area contributed by atoms with Gasteiger partial charge in [-0.05, 0) is 81.1 Å². The molecule has 1 aromatic heterocycles. The number of fused-ring (bicyclic) bond motifs is 1. The van der Waals surface area contributed by atoms with E-state index in [2.05, 4.69) is 9.88 Å². The molecule has 0 atom stereocenters. The first-order valence-electron chi connectivity index (χ1n) is 12.6. The number of piperidine rings is 2. The number of benzene rings is 2. The molecule has 35 heavy (non-hydrogen) atoms. The number of nitrogens with zero attached hydrogens (tertiary/aromatic N) is 3. The van der Waals surface area contributed by atoms with Crippen molar-refractivity contribution in [2.24, 2.45) is 11.8 Å². The van der Waals surface area contributed by atoms with E-state index in [4.69, 9.17) is 13.9 Å². The zero-order chi connectivity index (χ0) is 24.0. The average molecular weight is 480 g/mol. The lowest BCUT2D eigenvalue weighted by molar-refractivity contribution is -0.138. The number of amides is 1. The summed E-state index contributed by atoms with van der Waals surface area (Å²) < 4.78 is 17.2. The van der Waals surface area contributed by atoms with Gasteiger partial charge in [-0.25, -0.2) is 0 Å². The molecule has 2 aliphatic rings. The number of rotatable bonds is 8. The first kappa shape index (κ1) is 23.6. The Morgan fingerprint density at radius 2 is 1.69 bits per heavy atom. The number of hydrogen-bond acceptors (Lipinski definition) is 7. The smallest absolute Gasteiger partial charge is 0.400 e. The number of carbonyl (C=O) groups is 1. The molecule has 1 amide bonds. The van der Waals surface area contributed by atoms with E-state index in [-0.39, 0.29) is 18.6 Å². The molecular weight excluding hydrogens is 446 g/mol. The number of likely N-dealkylation sites (tertiary alicyclic amines) is 2. The standard InChI is InChI=1S/C27H33N3O5/c31-19-20-9-15-30(16-10-20)26(32)21-11-13-29(14-12-21)17-18-33-22-5-7-23(8-6-22)34-27-28-24-3-1-2-4-25(24)35-27/h1-8,20-21,31H,9-19H2. The monoisotopic (exact) mass is 479 g/mol. The summed E-state index contributed by atoms with van der Waals surface area (Å²) in [5.41, 5.74) is 1.46.